The van der Waals surface area contributed by atoms with E-state index in [0.29, 0.717) is 30.8 Å². The van der Waals surface area contributed by atoms with E-state index in [0.717, 1.165) is 32.1 Å². The number of hydrogen-bond acceptors (Lipinski definition) is 9. The maximum atomic E-state index is 10.9. The second kappa shape index (κ2) is 15.1. The Bertz CT molecular complexity index is 605. The standard InChI is InChI=1S/C8H11NO3.C6H5NO4.C4H11NO/c10-6-2-1-5-9-7(11)3-4-8(9)12;1-11-6(10)7-4(8)2-3-5(7)9;5-3-1-2-4-6/h3-4,10H,1-2,5-6H2;2-3H,1H3;6H,1-5H2. The van der Waals surface area contributed by atoms with Crippen LogP contribution in [0.15, 0.2) is 24.3 Å². The van der Waals surface area contributed by atoms with Crippen molar-refractivity contribution in [1.82, 2.24) is 9.80 Å². The Hall–Kier alpha value is -2.89. The highest BCUT2D eigenvalue weighted by Gasteiger charge is 2.30. The van der Waals surface area contributed by atoms with Gasteiger partial charge in [-0.2, -0.15) is 4.90 Å². The second-order valence-electron chi connectivity index (χ2n) is 5.63. The minimum Gasteiger partial charge on any atom is -0.452 e. The number of aliphatic hydroxyl groups is 2. The number of nitrogens with zero attached hydrogens (tertiary/aromatic N) is 2. The molecule has 0 unspecified atom stereocenters. The summed E-state index contributed by atoms with van der Waals surface area (Å²) in [5.41, 5.74) is 5.10. The molecular formula is C18H27N3O8. The first kappa shape index (κ1) is 26.1. The van der Waals surface area contributed by atoms with Crippen LogP contribution in [0.1, 0.15) is 25.7 Å². The Labute approximate surface area is 168 Å². The fourth-order valence-corrected chi connectivity index (χ4v) is 1.96. The Morgan fingerprint density at radius 3 is 1.69 bits per heavy atom. The van der Waals surface area contributed by atoms with Crippen LogP contribution in [-0.4, -0.2) is 83.1 Å². The zero-order chi connectivity index (χ0) is 22.2. The summed E-state index contributed by atoms with van der Waals surface area (Å²) in [6.45, 7) is 1.48. The molecule has 11 nitrogen and oxygen atoms in total. The predicted octanol–water partition coefficient (Wildman–Crippen LogP) is -0.921. The molecule has 0 bridgehead atoms. The van der Waals surface area contributed by atoms with Gasteiger partial charge in [0, 0.05) is 44.1 Å². The van der Waals surface area contributed by atoms with Gasteiger partial charge in [-0.25, -0.2) is 4.79 Å². The van der Waals surface area contributed by atoms with Gasteiger partial charge in [-0.1, -0.05) is 0 Å². The van der Waals surface area contributed by atoms with Gasteiger partial charge in [0.25, 0.3) is 23.6 Å². The third kappa shape index (κ3) is 9.74. The van der Waals surface area contributed by atoms with Crippen LogP contribution in [0.25, 0.3) is 0 Å². The highest BCUT2D eigenvalue weighted by atomic mass is 16.5. The Kier molecular flexibility index (Phi) is 13.6. The fourth-order valence-electron chi connectivity index (χ4n) is 1.96. The number of carbonyl (C=O) groups excluding carboxylic acids is 5. The molecule has 2 aliphatic rings. The molecule has 0 aromatic heterocycles. The normalized spacial score (nSPS) is 14.6. The van der Waals surface area contributed by atoms with Gasteiger partial charge in [-0.3, -0.25) is 24.1 Å². The van der Waals surface area contributed by atoms with Crippen LogP contribution >= 0.6 is 0 Å². The molecule has 0 atom stereocenters. The summed E-state index contributed by atoms with van der Waals surface area (Å²) in [5, 5.41) is 16.6. The van der Waals surface area contributed by atoms with Crippen molar-refractivity contribution in [3.8, 4) is 0 Å². The van der Waals surface area contributed by atoms with E-state index in [9.17, 15) is 24.0 Å². The van der Waals surface area contributed by atoms with E-state index in [1.54, 1.807) is 0 Å². The summed E-state index contributed by atoms with van der Waals surface area (Å²) in [6, 6.07) is 0. The largest absolute Gasteiger partial charge is 0.452 e. The molecule has 0 spiro atoms. The highest BCUT2D eigenvalue weighted by Crippen LogP contribution is 2.05. The summed E-state index contributed by atoms with van der Waals surface area (Å²) >= 11 is 0. The highest BCUT2D eigenvalue weighted by molar-refractivity contribution is 6.21. The molecule has 0 fully saturated rings. The number of unbranched alkanes of at least 4 members (excludes halogenated alkanes) is 2. The second-order valence-corrected chi connectivity index (χ2v) is 5.63. The summed E-state index contributed by atoms with van der Waals surface area (Å²) in [5.74, 6) is -1.83. The van der Waals surface area contributed by atoms with Crippen molar-refractivity contribution in [2.45, 2.75) is 25.7 Å². The summed E-state index contributed by atoms with van der Waals surface area (Å²) in [6.07, 6.45) is 6.67. The molecule has 4 N–H and O–H groups in total. The van der Waals surface area contributed by atoms with E-state index in [4.69, 9.17) is 15.9 Å². The number of methoxy groups -OCH3 is 1. The summed E-state index contributed by atoms with van der Waals surface area (Å²) in [4.78, 5) is 55.5. The van der Waals surface area contributed by atoms with Gasteiger partial charge < -0.3 is 20.7 Å². The van der Waals surface area contributed by atoms with Crippen LogP contribution in [0.3, 0.4) is 0 Å². The molecule has 0 saturated heterocycles. The topological polar surface area (TPSA) is 168 Å². The third-order valence-electron chi connectivity index (χ3n) is 3.47. The average molecular weight is 413 g/mol. The van der Waals surface area contributed by atoms with E-state index in [2.05, 4.69) is 4.74 Å². The molecule has 162 valence electrons. The molecule has 5 amide bonds. The Morgan fingerprint density at radius 2 is 1.31 bits per heavy atom. The van der Waals surface area contributed by atoms with Crippen LogP contribution in [0.2, 0.25) is 0 Å². The maximum Gasteiger partial charge on any atom is 0.423 e. The van der Waals surface area contributed by atoms with Crippen LogP contribution in [0.4, 0.5) is 4.79 Å². The number of ether oxygens (including phenoxy) is 1. The molecule has 11 heteroatoms. The third-order valence-corrected chi connectivity index (χ3v) is 3.47. The van der Waals surface area contributed by atoms with Gasteiger partial charge in [0.1, 0.15) is 0 Å². The minimum atomic E-state index is -0.954. The van der Waals surface area contributed by atoms with E-state index in [1.807, 2.05) is 0 Å². The number of rotatable bonds is 7. The molecule has 2 aliphatic heterocycles. The maximum absolute atomic E-state index is 10.9. The molecule has 0 radical (unpaired) electrons. The summed E-state index contributed by atoms with van der Waals surface area (Å²) < 4.78 is 4.18. The van der Waals surface area contributed by atoms with Crippen molar-refractivity contribution >= 4 is 29.7 Å². The molecule has 0 aromatic carbocycles. The lowest BCUT2D eigenvalue weighted by molar-refractivity contribution is -0.137. The van der Waals surface area contributed by atoms with Crippen molar-refractivity contribution in [2.24, 2.45) is 5.73 Å². The molecule has 0 aromatic rings. The SMILES string of the molecule is COC(=O)N1C(=O)C=CC1=O.NCCCCO.O=C1C=CC(=O)N1CCCCO. The fraction of sp³-hybridized carbons (Fsp3) is 0.500. The van der Waals surface area contributed by atoms with Gasteiger partial charge >= 0.3 is 6.09 Å². The van der Waals surface area contributed by atoms with E-state index in [1.165, 1.54) is 17.1 Å². The quantitative estimate of drug-likeness (QED) is 0.353. The zero-order valence-corrected chi connectivity index (χ0v) is 16.3. The molecular weight excluding hydrogens is 386 g/mol. The first-order valence-corrected chi connectivity index (χ1v) is 8.93. The number of carbonyl (C=O) groups is 5. The number of amides is 5. The zero-order valence-electron chi connectivity index (χ0n) is 16.3. The van der Waals surface area contributed by atoms with Crippen LogP contribution < -0.4 is 5.73 Å². The molecule has 2 rings (SSSR count). The first-order chi connectivity index (χ1) is 13.8. The average Bonchev–Trinajstić information content (AvgIpc) is 3.22. The lowest BCUT2D eigenvalue weighted by Gasteiger charge is -2.12. The number of nitrogens with two attached hydrogens (primary N) is 1. The van der Waals surface area contributed by atoms with Crippen molar-refractivity contribution in [3.05, 3.63) is 24.3 Å². The lowest BCUT2D eigenvalue weighted by atomic mass is 10.3. The molecule has 0 saturated carbocycles. The predicted molar refractivity (Wildman–Crippen MR) is 101 cm³/mol. The van der Waals surface area contributed by atoms with Crippen molar-refractivity contribution in [3.63, 3.8) is 0 Å². The van der Waals surface area contributed by atoms with Crippen molar-refractivity contribution in [1.29, 1.82) is 0 Å². The molecule has 2 heterocycles. The van der Waals surface area contributed by atoms with Crippen molar-refractivity contribution < 1.29 is 38.9 Å². The first-order valence-electron chi connectivity index (χ1n) is 8.93. The molecule has 29 heavy (non-hydrogen) atoms. The lowest BCUT2D eigenvalue weighted by Crippen LogP contribution is -2.35. The van der Waals surface area contributed by atoms with E-state index >= 15 is 0 Å². The smallest absolute Gasteiger partial charge is 0.423 e. The van der Waals surface area contributed by atoms with E-state index in [-0.39, 0.29) is 25.0 Å². The number of hydrogen-bond donors (Lipinski definition) is 3. The van der Waals surface area contributed by atoms with Gasteiger partial charge in [-0.15, -0.1) is 0 Å². The Morgan fingerprint density at radius 1 is 0.862 bits per heavy atom. The monoisotopic (exact) mass is 413 g/mol. The van der Waals surface area contributed by atoms with Crippen molar-refractivity contribution in [2.75, 3.05) is 33.4 Å². The van der Waals surface area contributed by atoms with Gasteiger partial charge in [0.2, 0.25) is 0 Å². The van der Waals surface area contributed by atoms with Gasteiger partial charge in [-0.05, 0) is 32.2 Å². The van der Waals surface area contributed by atoms with Crippen LogP contribution in [0, 0.1) is 0 Å². The number of aliphatic hydroxyl groups excluding tert-OH is 2. The summed E-state index contributed by atoms with van der Waals surface area (Å²) in [7, 11) is 1.10. The number of imide groups is 4. The van der Waals surface area contributed by atoms with Crippen LogP contribution in [-0.2, 0) is 23.9 Å². The minimum absolute atomic E-state index is 0.101. The Balaban J connectivity index is 0.000000430. The van der Waals surface area contributed by atoms with E-state index < -0.39 is 17.9 Å². The van der Waals surface area contributed by atoms with Gasteiger partial charge in [0.15, 0.2) is 0 Å². The van der Waals surface area contributed by atoms with Gasteiger partial charge in [0.05, 0.1) is 7.11 Å². The van der Waals surface area contributed by atoms with Crippen LogP contribution in [0.5, 0.6) is 0 Å². The molecule has 0 aliphatic carbocycles.